The molecule has 26 heavy (non-hydrogen) atoms. The lowest BCUT2D eigenvalue weighted by Gasteiger charge is -2.27. The van der Waals surface area contributed by atoms with Crippen LogP contribution in [0.5, 0.6) is 11.5 Å². The van der Waals surface area contributed by atoms with Crippen LogP contribution in [0.2, 0.25) is 0 Å². The van der Waals surface area contributed by atoms with E-state index >= 15 is 0 Å². The molecular formula is C20H16N2O3S. The molecule has 6 heteroatoms. The second kappa shape index (κ2) is 6.23. The number of carbonyl (C=O) groups excluding carboxylic acids is 1. The normalized spacial score (nSPS) is 15.4. The lowest BCUT2D eigenvalue weighted by molar-refractivity contribution is -0.116. The average molecular weight is 364 g/mol. The van der Waals surface area contributed by atoms with Gasteiger partial charge in [0.2, 0.25) is 5.91 Å². The summed E-state index contributed by atoms with van der Waals surface area (Å²) in [5.74, 6) is 0.921. The molecule has 1 amide bonds. The van der Waals surface area contributed by atoms with Gasteiger partial charge in [-0.25, -0.2) is 4.98 Å². The highest BCUT2D eigenvalue weighted by Crippen LogP contribution is 2.44. The van der Waals surface area contributed by atoms with Crippen molar-refractivity contribution in [2.45, 2.75) is 18.9 Å². The zero-order valence-corrected chi connectivity index (χ0v) is 14.7. The average Bonchev–Trinajstić information content (AvgIpc) is 3.08. The molecule has 0 unspecified atom stereocenters. The van der Waals surface area contributed by atoms with Gasteiger partial charge in [-0.2, -0.15) is 0 Å². The highest BCUT2D eigenvalue weighted by atomic mass is 32.1. The molecule has 1 N–H and O–H groups in total. The van der Waals surface area contributed by atoms with Crippen molar-refractivity contribution in [1.82, 2.24) is 4.98 Å². The first-order chi connectivity index (χ1) is 12.8. The molecule has 0 fully saturated rings. The smallest absolute Gasteiger partial charge is 0.238 e. The lowest BCUT2D eigenvalue weighted by Crippen LogP contribution is -2.25. The molecule has 0 atom stereocenters. The number of ether oxygens (including phenoxy) is 2. The van der Waals surface area contributed by atoms with Crippen LogP contribution in [0.25, 0.3) is 0 Å². The summed E-state index contributed by atoms with van der Waals surface area (Å²) in [6.07, 6.45) is 0.796. The summed E-state index contributed by atoms with van der Waals surface area (Å²) in [7, 11) is 0. The second-order valence-electron chi connectivity index (χ2n) is 6.29. The van der Waals surface area contributed by atoms with Crippen LogP contribution in [-0.2, 0) is 22.6 Å². The Morgan fingerprint density at radius 2 is 1.77 bits per heavy atom. The van der Waals surface area contributed by atoms with Gasteiger partial charge in [0, 0.05) is 17.5 Å². The summed E-state index contributed by atoms with van der Waals surface area (Å²) in [5, 5.41) is 3.64. The fraction of sp³-hybridized carbons (Fsp3) is 0.200. The van der Waals surface area contributed by atoms with Gasteiger partial charge in [0.1, 0.15) is 11.5 Å². The Morgan fingerprint density at radius 1 is 1.08 bits per heavy atom. The lowest BCUT2D eigenvalue weighted by atomic mass is 9.87. The second-order valence-corrected chi connectivity index (χ2v) is 7.38. The van der Waals surface area contributed by atoms with Gasteiger partial charge < -0.3 is 14.8 Å². The fourth-order valence-electron chi connectivity index (χ4n) is 3.45. The molecule has 0 spiro atoms. The molecule has 0 saturated carbocycles. The molecule has 2 aliphatic heterocycles. The maximum atomic E-state index is 13.2. The molecule has 5 rings (SSSR count). The van der Waals surface area contributed by atoms with Crippen molar-refractivity contribution in [3.63, 3.8) is 0 Å². The van der Waals surface area contributed by atoms with E-state index in [2.05, 4.69) is 10.3 Å². The fourth-order valence-corrected chi connectivity index (χ4v) is 4.40. The van der Waals surface area contributed by atoms with Gasteiger partial charge in [0.15, 0.2) is 5.13 Å². The maximum Gasteiger partial charge on any atom is 0.238 e. The van der Waals surface area contributed by atoms with Crippen LogP contribution in [0.3, 0.4) is 0 Å². The highest BCUT2D eigenvalue weighted by molar-refractivity contribution is 7.15. The molecule has 5 nitrogen and oxygen atoms in total. The predicted molar refractivity (Wildman–Crippen MR) is 98.9 cm³/mol. The number of thiazole rings is 1. The minimum atomic E-state index is -0.423. The first-order valence-corrected chi connectivity index (χ1v) is 9.34. The Hall–Kier alpha value is -2.70. The van der Waals surface area contributed by atoms with Crippen LogP contribution in [-0.4, -0.2) is 17.5 Å². The summed E-state index contributed by atoms with van der Waals surface area (Å²) < 4.78 is 11.4. The van der Waals surface area contributed by atoms with E-state index in [0.717, 1.165) is 39.6 Å². The van der Waals surface area contributed by atoms with Gasteiger partial charge in [0.25, 0.3) is 0 Å². The Labute approximate surface area is 154 Å². The van der Waals surface area contributed by atoms with Crippen LogP contribution in [0.15, 0.2) is 48.5 Å². The van der Waals surface area contributed by atoms with Gasteiger partial charge in [-0.1, -0.05) is 47.7 Å². The van der Waals surface area contributed by atoms with Crippen molar-refractivity contribution in [2.75, 3.05) is 11.9 Å². The summed E-state index contributed by atoms with van der Waals surface area (Å²) in [6, 6.07) is 15.3. The number of nitrogens with one attached hydrogen (secondary N) is 1. The van der Waals surface area contributed by atoms with Gasteiger partial charge in [0.05, 0.1) is 29.7 Å². The number of anilines is 1. The molecule has 2 aliphatic rings. The van der Waals surface area contributed by atoms with Crippen LogP contribution < -0.4 is 10.1 Å². The van der Waals surface area contributed by atoms with E-state index in [0.29, 0.717) is 18.3 Å². The zero-order chi connectivity index (χ0) is 17.5. The Bertz CT molecular complexity index is 929. The van der Waals surface area contributed by atoms with E-state index in [-0.39, 0.29) is 5.91 Å². The SMILES string of the molecule is O=C(Nc1nc2c(s1)COCC2)C1c2ccccc2Oc2ccccc21. The number of nitrogens with zero attached hydrogens (tertiary/aromatic N) is 1. The number of carbonyl (C=O) groups is 1. The number of hydrogen-bond donors (Lipinski definition) is 1. The number of hydrogen-bond acceptors (Lipinski definition) is 5. The first-order valence-electron chi connectivity index (χ1n) is 8.52. The summed E-state index contributed by atoms with van der Waals surface area (Å²) in [4.78, 5) is 18.8. The molecule has 0 saturated heterocycles. The number of fused-ring (bicyclic) bond motifs is 3. The van der Waals surface area contributed by atoms with E-state index in [1.165, 1.54) is 11.3 Å². The molecule has 3 aromatic rings. The Morgan fingerprint density at radius 3 is 2.46 bits per heavy atom. The van der Waals surface area contributed by atoms with Crippen molar-refractivity contribution in [3.8, 4) is 11.5 Å². The highest BCUT2D eigenvalue weighted by Gasteiger charge is 2.33. The molecule has 0 aliphatic carbocycles. The zero-order valence-electron chi connectivity index (χ0n) is 13.9. The van der Waals surface area contributed by atoms with E-state index in [1.807, 2.05) is 48.5 Å². The van der Waals surface area contributed by atoms with Gasteiger partial charge in [-0.3, -0.25) is 4.79 Å². The molecule has 1 aromatic heterocycles. The third-order valence-electron chi connectivity index (χ3n) is 4.67. The molecular weight excluding hydrogens is 348 g/mol. The van der Waals surface area contributed by atoms with Crippen molar-refractivity contribution in [1.29, 1.82) is 0 Å². The van der Waals surface area contributed by atoms with Crippen molar-refractivity contribution >= 4 is 22.4 Å². The number of amides is 1. The summed E-state index contributed by atoms with van der Waals surface area (Å²) in [6.45, 7) is 1.26. The molecule has 3 heterocycles. The maximum absolute atomic E-state index is 13.2. The van der Waals surface area contributed by atoms with Crippen LogP contribution in [0, 0.1) is 0 Å². The summed E-state index contributed by atoms with van der Waals surface area (Å²) >= 11 is 1.49. The first kappa shape index (κ1) is 15.5. The number of benzene rings is 2. The number of para-hydroxylation sites is 2. The van der Waals surface area contributed by atoms with Gasteiger partial charge in [-0.05, 0) is 12.1 Å². The standard InChI is InChI=1S/C20H16N2O3S/c23-19(22-20-21-14-9-10-24-11-17(14)26-20)18-12-5-1-3-7-15(12)25-16-8-4-2-6-13(16)18/h1-8,18H,9-11H2,(H,21,22,23). The largest absolute Gasteiger partial charge is 0.457 e. The quantitative estimate of drug-likeness (QED) is 0.744. The van der Waals surface area contributed by atoms with E-state index in [1.54, 1.807) is 0 Å². The molecule has 2 aromatic carbocycles. The van der Waals surface area contributed by atoms with Gasteiger partial charge in [-0.15, -0.1) is 0 Å². The topological polar surface area (TPSA) is 60.5 Å². The Balaban J connectivity index is 1.51. The summed E-state index contributed by atoms with van der Waals surface area (Å²) in [5.41, 5.74) is 2.77. The monoisotopic (exact) mass is 364 g/mol. The van der Waals surface area contributed by atoms with Crippen molar-refractivity contribution in [3.05, 3.63) is 70.2 Å². The predicted octanol–water partition coefficient (Wildman–Crippen LogP) is 4.09. The molecule has 0 radical (unpaired) electrons. The van der Waals surface area contributed by atoms with Crippen LogP contribution >= 0.6 is 11.3 Å². The van der Waals surface area contributed by atoms with Crippen molar-refractivity contribution in [2.24, 2.45) is 0 Å². The number of rotatable bonds is 2. The van der Waals surface area contributed by atoms with Crippen LogP contribution in [0.4, 0.5) is 5.13 Å². The van der Waals surface area contributed by atoms with Crippen molar-refractivity contribution < 1.29 is 14.3 Å². The van der Waals surface area contributed by atoms with Gasteiger partial charge >= 0.3 is 0 Å². The molecule has 130 valence electrons. The number of aromatic nitrogens is 1. The minimum Gasteiger partial charge on any atom is -0.457 e. The van der Waals surface area contributed by atoms with E-state index in [9.17, 15) is 4.79 Å². The van der Waals surface area contributed by atoms with Crippen LogP contribution in [0.1, 0.15) is 27.6 Å². The third kappa shape index (κ3) is 2.58. The minimum absolute atomic E-state index is 0.0970. The van der Waals surface area contributed by atoms with E-state index in [4.69, 9.17) is 9.47 Å². The molecule has 0 bridgehead atoms. The Kier molecular flexibility index (Phi) is 3.72. The van der Waals surface area contributed by atoms with E-state index < -0.39 is 5.92 Å². The third-order valence-corrected chi connectivity index (χ3v) is 5.65.